The van der Waals surface area contributed by atoms with Gasteiger partial charge in [-0.15, -0.1) is 0 Å². The summed E-state index contributed by atoms with van der Waals surface area (Å²) in [4.78, 5) is 16.4. The number of aromatic nitrogens is 3. The number of benzene rings is 4. The Bertz CT molecular complexity index is 1710. The predicted molar refractivity (Wildman–Crippen MR) is 140 cm³/mol. The minimum Gasteiger partial charge on any atom is -0.265 e. The van der Waals surface area contributed by atoms with Crippen LogP contribution in [0.25, 0.3) is 44.1 Å². The van der Waals surface area contributed by atoms with Gasteiger partial charge in [0.15, 0.2) is 0 Å². The summed E-state index contributed by atoms with van der Waals surface area (Å²) < 4.78 is 0. The second-order valence-corrected chi connectivity index (χ2v) is 10.2. The molecule has 7 rings (SSSR count). The molecule has 3 heterocycles. The third-order valence-electron chi connectivity index (χ3n) is 6.09. The highest BCUT2D eigenvalue weighted by Gasteiger charge is 2.21. The average molecular weight is 472 g/mol. The molecule has 34 heavy (non-hydrogen) atoms. The Labute approximate surface area is 205 Å². The fourth-order valence-corrected chi connectivity index (χ4v) is 6.60. The van der Waals surface area contributed by atoms with Gasteiger partial charge in [0.25, 0.3) is 0 Å². The Morgan fingerprint density at radius 2 is 1.09 bits per heavy atom. The molecule has 1 aliphatic heterocycles. The van der Waals surface area contributed by atoms with Crippen molar-refractivity contribution in [2.45, 2.75) is 19.8 Å². The number of hydrogen-bond acceptors (Lipinski definition) is 5. The molecule has 2 aromatic heterocycles. The molecule has 0 aliphatic carbocycles. The standard InChI is InChI=1S/C29H17N3S2/c1-2-6-23-21(11-10-20(22(23)5-1)18-13-15-30-16-14-18)19-9-12-26-27(17-19)34-29-28(33-26)31-24-7-3-4-8-25(24)32-29/h1-17H. The number of nitrogens with zero attached hydrogens (tertiary/aromatic N) is 3. The molecular weight excluding hydrogens is 454 g/mol. The largest absolute Gasteiger partial charge is 0.265 e. The van der Waals surface area contributed by atoms with Crippen molar-refractivity contribution >= 4 is 45.3 Å². The lowest BCUT2D eigenvalue weighted by Gasteiger charge is -2.19. The van der Waals surface area contributed by atoms with E-state index in [2.05, 4.69) is 71.7 Å². The van der Waals surface area contributed by atoms with Crippen LogP contribution in [0.3, 0.4) is 0 Å². The summed E-state index contributed by atoms with van der Waals surface area (Å²) in [5.41, 5.74) is 6.72. The number of hydrogen-bond donors (Lipinski definition) is 0. The first-order valence-corrected chi connectivity index (χ1v) is 12.7. The van der Waals surface area contributed by atoms with Crippen LogP contribution in [0.2, 0.25) is 0 Å². The third kappa shape index (κ3) is 3.28. The van der Waals surface area contributed by atoms with Gasteiger partial charge in [0.05, 0.1) is 11.0 Å². The molecule has 0 radical (unpaired) electrons. The minimum atomic E-state index is 0.937. The van der Waals surface area contributed by atoms with Crippen molar-refractivity contribution in [3.05, 3.63) is 103 Å². The molecule has 160 valence electrons. The molecule has 0 spiro atoms. The van der Waals surface area contributed by atoms with Crippen molar-refractivity contribution in [1.82, 2.24) is 15.0 Å². The highest BCUT2D eigenvalue weighted by Crippen LogP contribution is 2.48. The van der Waals surface area contributed by atoms with Crippen molar-refractivity contribution in [1.29, 1.82) is 0 Å². The van der Waals surface area contributed by atoms with E-state index in [9.17, 15) is 0 Å². The van der Waals surface area contributed by atoms with Gasteiger partial charge < -0.3 is 0 Å². The lowest BCUT2D eigenvalue weighted by molar-refractivity contribution is 0.953. The second-order valence-electron chi connectivity index (χ2n) is 8.13. The molecule has 3 nitrogen and oxygen atoms in total. The van der Waals surface area contributed by atoms with E-state index in [4.69, 9.17) is 9.97 Å². The molecule has 0 bridgehead atoms. The minimum absolute atomic E-state index is 0.937. The lowest BCUT2D eigenvalue weighted by atomic mass is 9.92. The molecule has 0 amide bonds. The molecule has 0 N–H and O–H groups in total. The Morgan fingerprint density at radius 1 is 0.500 bits per heavy atom. The van der Waals surface area contributed by atoms with E-state index in [-0.39, 0.29) is 0 Å². The highest BCUT2D eigenvalue weighted by atomic mass is 32.2. The monoisotopic (exact) mass is 471 g/mol. The zero-order chi connectivity index (χ0) is 22.5. The maximum atomic E-state index is 4.89. The van der Waals surface area contributed by atoms with E-state index in [1.807, 2.05) is 36.7 Å². The van der Waals surface area contributed by atoms with Gasteiger partial charge in [-0.25, -0.2) is 9.97 Å². The van der Waals surface area contributed by atoms with Crippen LogP contribution < -0.4 is 0 Å². The summed E-state index contributed by atoms with van der Waals surface area (Å²) in [7, 11) is 0. The fourth-order valence-electron chi connectivity index (χ4n) is 4.48. The maximum absolute atomic E-state index is 4.89. The van der Waals surface area contributed by atoms with Crippen LogP contribution in [-0.4, -0.2) is 15.0 Å². The van der Waals surface area contributed by atoms with E-state index in [1.165, 1.54) is 42.8 Å². The smallest absolute Gasteiger partial charge is 0.134 e. The summed E-state index contributed by atoms with van der Waals surface area (Å²) in [6, 6.07) is 32.0. The number of para-hydroxylation sites is 2. The summed E-state index contributed by atoms with van der Waals surface area (Å²) in [6.45, 7) is 0. The van der Waals surface area contributed by atoms with Crippen molar-refractivity contribution in [3.63, 3.8) is 0 Å². The van der Waals surface area contributed by atoms with Gasteiger partial charge in [-0.05, 0) is 69.4 Å². The van der Waals surface area contributed by atoms with Crippen LogP contribution in [0, 0.1) is 0 Å². The second kappa shape index (κ2) is 7.97. The summed E-state index contributed by atoms with van der Waals surface area (Å²) >= 11 is 3.41. The van der Waals surface area contributed by atoms with E-state index in [0.717, 1.165) is 21.1 Å². The van der Waals surface area contributed by atoms with Crippen LogP contribution in [0.1, 0.15) is 0 Å². The zero-order valence-corrected chi connectivity index (χ0v) is 19.6. The molecule has 0 atom stereocenters. The van der Waals surface area contributed by atoms with Gasteiger partial charge in [-0.1, -0.05) is 78.1 Å². The van der Waals surface area contributed by atoms with E-state index in [1.54, 1.807) is 23.5 Å². The van der Waals surface area contributed by atoms with Gasteiger partial charge in [0.1, 0.15) is 10.1 Å². The number of rotatable bonds is 2. The van der Waals surface area contributed by atoms with Gasteiger partial charge in [0, 0.05) is 22.2 Å². The normalized spacial score (nSPS) is 12.5. The Balaban J connectivity index is 1.34. The zero-order valence-electron chi connectivity index (χ0n) is 18.0. The van der Waals surface area contributed by atoms with Gasteiger partial charge in [-0.2, -0.15) is 0 Å². The topological polar surface area (TPSA) is 38.7 Å². The molecule has 6 aromatic rings. The van der Waals surface area contributed by atoms with Gasteiger partial charge in [0.2, 0.25) is 0 Å². The number of pyridine rings is 1. The van der Waals surface area contributed by atoms with Crippen LogP contribution >= 0.6 is 23.5 Å². The highest BCUT2D eigenvalue weighted by molar-refractivity contribution is 8.05. The van der Waals surface area contributed by atoms with Crippen molar-refractivity contribution in [3.8, 4) is 22.3 Å². The first-order valence-electron chi connectivity index (χ1n) is 11.0. The molecule has 0 saturated heterocycles. The third-order valence-corrected chi connectivity index (χ3v) is 8.44. The fraction of sp³-hybridized carbons (Fsp3) is 0. The molecule has 0 fully saturated rings. The lowest BCUT2D eigenvalue weighted by Crippen LogP contribution is -1.97. The molecule has 0 saturated carbocycles. The number of fused-ring (bicyclic) bond motifs is 4. The molecule has 1 aliphatic rings. The van der Waals surface area contributed by atoms with E-state index in [0.29, 0.717) is 0 Å². The van der Waals surface area contributed by atoms with Crippen molar-refractivity contribution < 1.29 is 0 Å². The molecule has 5 heteroatoms. The van der Waals surface area contributed by atoms with E-state index < -0.39 is 0 Å². The Morgan fingerprint density at radius 3 is 1.76 bits per heavy atom. The quantitative estimate of drug-likeness (QED) is 0.254. The predicted octanol–water partition coefficient (Wildman–Crippen LogP) is 8.13. The summed E-state index contributed by atoms with van der Waals surface area (Å²) in [6.07, 6.45) is 3.70. The van der Waals surface area contributed by atoms with Crippen LogP contribution in [0.4, 0.5) is 0 Å². The summed E-state index contributed by atoms with van der Waals surface area (Å²) in [5.74, 6) is 0. The van der Waals surface area contributed by atoms with Crippen LogP contribution in [0.15, 0.2) is 123 Å². The first kappa shape index (κ1) is 19.8. The molecular formula is C29H17N3S2. The van der Waals surface area contributed by atoms with Gasteiger partial charge in [-0.3, -0.25) is 4.98 Å². The van der Waals surface area contributed by atoms with E-state index >= 15 is 0 Å². The summed E-state index contributed by atoms with van der Waals surface area (Å²) in [5, 5.41) is 4.45. The Kier molecular flexibility index (Phi) is 4.64. The first-order chi connectivity index (χ1) is 16.8. The van der Waals surface area contributed by atoms with Crippen molar-refractivity contribution in [2.75, 3.05) is 0 Å². The van der Waals surface area contributed by atoms with Crippen LogP contribution in [0.5, 0.6) is 0 Å². The Hall–Kier alpha value is -3.67. The SMILES string of the molecule is c1ccc2nc3c(nc2c1)Sc1ccc(-c2ccc(-c4ccncc4)c4ccccc24)cc1S3. The van der Waals surface area contributed by atoms with Crippen LogP contribution in [-0.2, 0) is 0 Å². The average Bonchev–Trinajstić information content (AvgIpc) is 2.90. The molecule has 4 aromatic carbocycles. The van der Waals surface area contributed by atoms with Gasteiger partial charge >= 0.3 is 0 Å². The van der Waals surface area contributed by atoms with Crippen molar-refractivity contribution in [2.24, 2.45) is 0 Å². The molecule has 0 unspecified atom stereocenters. The maximum Gasteiger partial charge on any atom is 0.134 e.